The second-order valence-electron chi connectivity index (χ2n) is 11.0. The van der Waals surface area contributed by atoms with E-state index in [1.165, 1.54) is 99.7 Å². The van der Waals surface area contributed by atoms with E-state index in [1.807, 2.05) is 0 Å². The van der Waals surface area contributed by atoms with Gasteiger partial charge < -0.3 is 29.6 Å². The van der Waals surface area contributed by atoms with Crippen LogP contribution in [0.5, 0.6) is 0 Å². The molecule has 2 amide bonds. The fourth-order valence-electron chi connectivity index (χ4n) is 4.32. The van der Waals surface area contributed by atoms with Crippen molar-refractivity contribution < 1.29 is 29.4 Å². The molecule has 0 fully saturated rings. The van der Waals surface area contributed by atoms with Crippen LogP contribution in [0.4, 0.5) is 0 Å². The van der Waals surface area contributed by atoms with Crippen molar-refractivity contribution in [2.75, 3.05) is 27.2 Å². The minimum atomic E-state index is -1.10. The van der Waals surface area contributed by atoms with Gasteiger partial charge in [0.1, 0.15) is 0 Å². The van der Waals surface area contributed by atoms with Crippen molar-refractivity contribution in [1.82, 2.24) is 9.80 Å². The van der Waals surface area contributed by atoms with Crippen LogP contribution in [0.15, 0.2) is 0 Å². The molecule has 9 heteroatoms. The summed E-state index contributed by atoms with van der Waals surface area (Å²) in [5.74, 6) is -2.14. The van der Waals surface area contributed by atoms with Crippen molar-refractivity contribution >= 4 is 46.8 Å². The van der Waals surface area contributed by atoms with E-state index in [2.05, 4.69) is 13.8 Å². The zero-order valence-electron chi connectivity index (χ0n) is 27.0. The van der Waals surface area contributed by atoms with Crippen LogP contribution >= 0.6 is 0 Å². The normalized spacial score (nSPS) is 10.2. The number of carbonyl (C=O) groups excluding carboxylic acids is 4. The topological polar surface area (TPSA) is 121 Å². The average Bonchev–Trinajstić information content (AvgIpc) is 2.92. The first-order valence-corrected chi connectivity index (χ1v) is 16.0. The van der Waals surface area contributed by atoms with Crippen LogP contribution in [-0.4, -0.2) is 83.8 Å². The van der Waals surface area contributed by atoms with Gasteiger partial charge in [-0.15, -0.1) is 0 Å². The SMILES string of the molecule is CCCCCCCCCCCC(=O)N(C)CCC(=O)[O-].CCCCCCCCCCCC(=O)N(C)CCC(=O)[O-].[Mg+2]. The molecule has 0 atom stereocenters. The summed E-state index contributed by atoms with van der Waals surface area (Å²) in [7, 11) is 3.30. The van der Waals surface area contributed by atoms with Gasteiger partial charge in [0.05, 0.1) is 0 Å². The van der Waals surface area contributed by atoms with E-state index < -0.39 is 11.9 Å². The molecule has 0 unspecified atom stereocenters. The second-order valence-corrected chi connectivity index (χ2v) is 11.0. The van der Waals surface area contributed by atoms with Gasteiger partial charge in [0.25, 0.3) is 0 Å². The van der Waals surface area contributed by atoms with Gasteiger partial charge in [0.15, 0.2) is 0 Å². The van der Waals surface area contributed by atoms with Crippen LogP contribution in [-0.2, 0) is 19.2 Å². The molecule has 0 aromatic carbocycles. The molecule has 0 saturated carbocycles. The van der Waals surface area contributed by atoms with Gasteiger partial charge in [-0.3, -0.25) is 9.59 Å². The second kappa shape index (κ2) is 33.2. The number of carboxylic acids is 2. The van der Waals surface area contributed by atoms with Crippen LogP contribution in [0, 0.1) is 0 Å². The Kier molecular flexibility index (Phi) is 35.7. The molecule has 0 aliphatic heterocycles. The van der Waals surface area contributed by atoms with E-state index in [0.717, 1.165) is 25.7 Å². The van der Waals surface area contributed by atoms with Crippen LogP contribution in [0.3, 0.4) is 0 Å². The molecule has 0 heterocycles. The van der Waals surface area contributed by atoms with Gasteiger partial charge >= 0.3 is 23.1 Å². The Morgan fingerprint density at radius 2 is 0.683 bits per heavy atom. The maximum absolute atomic E-state index is 11.7. The minimum Gasteiger partial charge on any atom is -0.550 e. The number of nitrogens with zero attached hydrogens (tertiary/aromatic N) is 2. The summed E-state index contributed by atoms with van der Waals surface area (Å²) >= 11 is 0. The van der Waals surface area contributed by atoms with Gasteiger partial charge in [-0.25, -0.2) is 0 Å². The first-order valence-electron chi connectivity index (χ1n) is 16.0. The largest absolute Gasteiger partial charge is 2.00 e. The number of amides is 2. The molecule has 8 nitrogen and oxygen atoms in total. The average molecular weight is 593 g/mol. The molecule has 0 bridgehead atoms. The van der Waals surface area contributed by atoms with Crippen LogP contribution in [0.2, 0.25) is 0 Å². The minimum absolute atomic E-state index is 0. The number of aliphatic carboxylic acids is 2. The molecule has 0 aliphatic rings. The number of hydrogen-bond donors (Lipinski definition) is 0. The molecule has 236 valence electrons. The Balaban J connectivity index is -0.000000688. The van der Waals surface area contributed by atoms with E-state index >= 15 is 0 Å². The Labute approximate surface area is 267 Å². The molecule has 0 radical (unpaired) electrons. The Hall–Kier alpha value is -1.35. The predicted molar refractivity (Wildman–Crippen MR) is 164 cm³/mol. The van der Waals surface area contributed by atoms with Gasteiger partial charge in [0.2, 0.25) is 11.8 Å². The monoisotopic (exact) mass is 592 g/mol. The number of carboxylic acid groups (broad SMARTS) is 2. The quantitative estimate of drug-likeness (QED) is 0.107. The van der Waals surface area contributed by atoms with Crippen molar-refractivity contribution in [1.29, 1.82) is 0 Å². The smallest absolute Gasteiger partial charge is 0.550 e. The van der Waals surface area contributed by atoms with Crippen LogP contribution in [0.25, 0.3) is 0 Å². The van der Waals surface area contributed by atoms with Crippen molar-refractivity contribution in [3.05, 3.63) is 0 Å². The first-order chi connectivity index (χ1) is 19.1. The fourth-order valence-corrected chi connectivity index (χ4v) is 4.32. The van der Waals surface area contributed by atoms with Crippen LogP contribution < -0.4 is 10.2 Å². The van der Waals surface area contributed by atoms with Crippen molar-refractivity contribution in [3.63, 3.8) is 0 Å². The first kappa shape index (κ1) is 44.1. The molecule has 0 aliphatic carbocycles. The zero-order valence-corrected chi connectivity index (χ0v) is 28.4. The standard InChI is InChI=1S/2C16H31NO3.Mg/c2*1-3-4-5-6-7-8-9-10-11-12-15(18)17(2)14-13-16(19)20;/h2*3-14H2,1-2H3,(H,19,20);/q;;+2/p-2. The van der Waals surface area contributed by atoms with E-state index in [1.54, 1.807) is 14.1 Å². The van der Waals surface area contributed by atoms with Gasteiger partial charge in [-0.2, -0.15) is 0 Å². The summed E-state index contributed by atoms with van der Waals surface area (Å²) in [5, 5.41) is 20.6. The number of rotatable bonds is 26. The van der Waals surface area contributed by atoms with Crippen molar-refractivity contribution in [2.24, 2.45) is 0 Å². The third-order valence-corrected chi connectivity index (χ3v) is 7.14. The van der Waals surface area contributed by atoms with Crippen molar-refractivity contribution in [2.45, 2.75) is 155 Å². The Morgan fingerprint density at radius 1 is 0.439 bits per heavy atom. The Morgan fingerprint density at radius 3 is 0.927 bits per heavy atom. The summed E-state index contributed by atoms with van der Waals surface area (Å²) in [4.78, 5) is 46.9. The van der Waals surface area contributed by atoms with E-state index in [0.29, 0.717) is 12.8 Å². The molecule has 0 aromatic heterocycles. The summed E-state index contributed by atoms with van der Waals surface area (Å²) in [6.07, 6.45) is 23.0. The number of unbranched alkanes of at least 4 members (excludes halogenated alkanes) is 16. The third kappa shape index (κ3) is 34.7. The van der Waals surface area contributed by atoms with E-state index in [-0.39, 0.29) is 60.8 Å². The summed E-state index contributed by atoms with van der Waals surface area (Å²) in [6, 6.07) is 0. The summed E-state index contributed by atoms with van der Waals surface area (Å²) in [5.41, 5.74) is 0. The molecular weight excluding hydrogens is 533 g/mol. The fraction of sp³-hybridized carbons (Fsp3) is 0.875. The summed E-state index contributed by atoms with van der Waals surface area (Å²) < 4.78 is 0. The third-order valence-electron chi connectivity index (χ3n) is 7.14. The molecule has 0 aromatic rings. The molecule has 41 heavy (non-hydrogen) atoms. The maximum atomic E-state index is 11.7. The van der Waals surface area contributed by atoms with Gasteiger partial charge in [-0.05, 0) is 12.8 Å². The number of carbonyl (C=O) groups is 4. The predicted octanol–water partition coefficient (Wildman–Crippen LogP) is 4.63. The van der Waals surface area contributed by atoms with Gasteiger partial charge in [-0.1, -0.05) is 117 Å². The maximum Gasteiger partial charge on any atom is 2.00 e. The molecular formula is C32H60MgN2O6. The Bertz CT molecular complexity index is 594. The van der Waals surface area contributed by atoms with E-state index in [4.69, 9.17) is 0 Å². The molecule has 0 N–H and O–H groups in total. The molecule has 0 saturated heterocycles. The number of hydrogen-bond acceptors (Lipinski definition) is 6. The summed E-state index contributed by atoms with van der Waals surface area (Å²) in [6.45, 7) is 4.94. The van der Waals surface area contributed by atoms with Crippen LogP contribution in [0.1, 0.15) is 155 Å². The molecule has 0 rings (SSSR count). The van der Waals surface area contributed by atoms with Gasteiger partial charge in [0, 0.05) is 64.8 Å². The zero-order chi connectivity index (χ0) is 30.4. The molecule has 0 spiro atoms. The van der Waals surface area contributed by atoms with Crippen molar-refractivity contribution in [3.8, 4) is 0 Å². The van der Waals surface area contributed by atoms with E-state index in [9.17, 15) is 29.4 Å².